The molecule has 0 saturated carbocycles. The topological polar surface area (TPSA) is 9.23 Å². The Labute approximate surface area is 135 Å². The maximum atomic E-state index is 6.71. The lowest BCUT2D eigenvalue weighted by Gasteiger charge is -2.58. The Balaban J connectivity index is 5.55. The second-order valence-corrected chi connectivity index (χ2v) is 15.3. The van der Waals surface area contributed by atoms with Crippen LogP contribution in [0.15, 0.2) is 10.2 Å². The van der Waals surface area contributed by atoms with Crippen molar-refractivity contribution in [3.05, 3.63) is 10.2 Å². The molecule has 0 amide bonds. The van der Waals surface area contributed by atoms with E-state index >= 15 is 0 Å². The molecule has 0 aromatic carbocycles. The molecule has 0 atom stereocenters. The molecule has 0 unspecified atom stereocenters. The first-order valence-electron chi connectivity index (χ1n) is 7.20. The molecule has 0 aromatic rings. The van der Waals surface area contributed by atoms with Gasteiger partial charge in [-0.3, -0.25) is 0 Å². The number of rotatable bonds is 4. The van der Waals surface area contributed by atoms with Gasteiger partial charge < -0.3 is 4.43 Å². The molecule has 0 heterocycles. The summed E-state index contributed by atoms with van der Waals surface area (Å²) in [6.07, 6.45) is 3.20. The van der Waals surface area contributed by atoms with E-state index in [0.29, 0.717) is 0 Å². The summed E-state index contributed by atoms with van der Waals surface area (Å²) in [6.45, 7) is 22.1. The Morgan fingerprint density at radius 2 is 1.21 bits per heavy atom. The molecule has 0 N–H and O–H groups in total. The average molecular weight is 396 g/mol. The number of hydrogen-bond donors (Lipinski definition) is 0. The van der Waals surface area contributed by atoms with Crippen molar-refractivity contribution >= 4 is 30.9 Å². The third-order valence-electron chi connectivity index (χ3n) is 3.86. The molecular weight excluding hydrogens is 363 g/mol. The average Bonchev–Trinajstić information content (AvgIpc) is 2.10. The van der Waals surface area contributed by atoms with E-state index in [1.165, 1.54) is 0 Å². The van der Waals surface area contributed by atoms with Gasteiger partial charge in [0.25, 0.3) is 0 Å². The van der Waals surface area contributed by atoms with Crippen molar-refractivity contribution in [2.45, 2.75) is 83.8 Å². The minimum Gasteiger partial charge on any atom is -0.415 e. The highest BCUT2D eigenvalue weighted by Gasteiger charge is 2.61. The largest absolute Gasteiger partial charge is 0.415 e. The van der Waals surface area contributed by atoms with Crippen LogP contribution in [-0.2, 0) is 4.43 Å². The van der Waals surface area contributed by atoms with Crippen LogP contribution in [0.3, 0.4) is 0 Å². The van der Waals surface area contributed by atoms with Crippen LogP contribution in [0.5, 0.6) is 0 Å². The zero-order valence-corrected chi connectivity index (χ0v) is 17.5. The second kappa shape index (κ2) is 6.61. The SMILES string of the molecule is CC(C)(C)[Si](OCC/C=C/I)(C(C)(C)C)C(C)(C)C. The van der Waals surface area contributed by atoms with Gasteiger partial charge in [0.05, 0.1) is 0 Å². The van der Waals surface area contributed by atoms with Gasteiger partial charge in [-0.1, -0.05) is 91.0 Å². The monoisotopic (exact) mass is 396 g/mol. The molecule has 0 fully saturated rings. The van der Waals surface area contributed by atoms with E-state index in [1.54, 1.807) is 0 Å². The first-order chi connectivity index (χ1) is 8.31. The predicted octanol–water partition coefficient (Wildman–Crippen LogP) is 6.69. The van der Waals surface area contributed by atoms with Gasteiger partial charge in [-0.2, -0.15) is 0 Å². The highest BCUT2D eigenvalue weighted by atomic mass is 127. The molecule has 19 heavy (non-hydrogen) atoms. The fourth-order valence-corrected chi connectivity index (χ4v) is 13.2. The molecule has 0 aliphatic rings. The minimum atomic E-state index is -1.99. The van der Waals surface area contributed by atoms with Crippen LogP contribution in [0.1, 0.15) is 68.7 Å². The molecule has 0 bridgehead atoms. The van der Waals surface area contributed by atoms with Gasteiger partial charge in [0.15, 0.2) is 0 Å². The third-order valence-corrected chi connectivity index (χ3v) is 11.3. The van der Waals surface area contributed by atoms with Gasteiger partial charge in [0.2, 0.25) is 8.32 Å². The molecule has 0 radical (unpaired) electrons. The van der Waals surface area contributed by atoms with Crippen LogP contribution in [-0.4, -0.2) is 14.9 Å². The lowest BCUT2D eigenvalue weighted by atomic mass is 10.2. The zero-order valence-electron chi connectivity index (χ0n) is 14.4. The van der Waals surface area contributed by atoms with Crippen LogP contribution in [0.4, 0.5) is 0 Å². The maximum absolute atomic E-state index is 6.71. The van der Waals surface area contributed by atoms with Gasteiger partial charge in [0.1, 0.15) is 0 Å². The van der Waals surface area contributed by atoms with Crippen LogP contribution < -0.4 is 0 Å². The highest BCUT2D eigenvalue weighted by molar-refractivity contribution is 14.1. The Morgan fingerprint density at radius 3 is 1.47 bits per heavy atom. The molecule has 1 nitrogen and oxygen atoms in total. The van der Waals surface area contributed by atoms with E-state index in [4.69, 9.17) is 4.43 Å². The summed E-state index contributed by atoms with van der Waals surface area (Å²) in [7, 11) is -1.99. The van der Waals surface area contributed by atoms with E-state index < -0.39 is 8.32 Å². The van der Waals surface area contributed by atoms with Crippen molar-refractivity contribution in [2.24, 2.45) is 0 Å². The Bertz CT molecular complexity index is 266. The molecule has 0 saturated heterocycles. The predicted molar refractivity (Wildman–Crippen MR) is 98.6 cm³/mol. The van der Waals surface area contributed by atoms with Crippen molar-refractivity contribution in [1.82, 2.24) is 0 Å². The normalized spacial score (nSPS) is 15.3. The summed E-state index contributed by atoms with van der Waals surface area (Å²) in [6, 6.07) is 0. The van der Waals surface area contributed by atoms with Gasteiger partial charge in [-0.05, 0) is 25.6 Å². The third kappa shape index (κ3) is 4.30. The molecule has 0 aliphatic heterocycles. The summed E-state index contributed by atoms with van der Waals surface area (Å²) < 4.78 is 8.79. The van der Waals surface area contributed by atoms with Crippen LogP contribution in [0.25, 0.3) is 0 Å². The summed E-state index contributed by atoms with van der Waals surface area (Å²) in [4.78, 5) is 0. The molecule has 114 valence electrons. The molecular formula is C16H33IOSi. The second-order valence-electron chi connectivity index (χ2n) is 8.43. The van der Waals surface area contributed by atoms with Crippen molar-refractivity contribution in [2.75, 3.05) is 6.61 Å². The summed E-state index contributed by atoms with van der Waals surface area (Å²) in [5.41, 5.74) is 0. The molecule has 0 aromatic heterocycles. The lowest BCUT2D eigenvalue weighted by molar-refractivity contribution is 0.238. The molecule has 0 spiro atoms. The van der Waals surface area contributed by atoms with E-state index in [-0.39, 0.29) is 15.1 Å². The fraction of sp³-hybridized carbons (Fsp3) is 0.875. The van der Waals surface area contributed by atoms with Crippen molar-refractivity contribution in [1.29, 1.82) is 0 Å². The van der Waals surface area contributed by atoms with E-state index in [9.17, 15) is 0 Å². The van der Waals surface area contributed by atoms with Gasteiger partial charge >= 0.3 is 0 Å². The van der Waals surface area contributed by atoms with Gasteiger partial charge in [-0.25, -0.2) is 0 Å². The first kappa shape index (κ1) is 19.6. The van der Waals surface area contributed by atoms with E-state index in [1.807, 2.05) is 0 Å². The Morgan fingerprint density at radius 1 is 0.842 bits per heavy atom. The standard InChI is InChI=1S/C16H33IOSi/c1-14(2,3)19(15(4,5)6,16(7,8)9)18-13-11-10-12-17/h10,12H,11,13H2,1-9H3/b12-10+. The molecule has 0 aliphatic carbocycles. The molecule has 0 rings (SSSR count). The number of hydrogen-bond acceptors (Lipinski definition) is 1. The molecule has 3 heteroatoms. The minimum absolute atomic E-state index is 0.220. The van der Waals surface area contributed by atoms with Gasteiger partial charge in [-0.15, -0.1) is 0 Å². The quantitative estimate of drug-likeness (QED) is 0.292. The Kier molecular flexibility index (Phi) is 6.83. The van der Waals surface area contributed by atoms with Gasteiger partial charge in [0, 0.05) is 6.61 Å². The van der Waals surface area contributed by atoms with Crippen molar-refractivity contribution < 1.29 is 4.43 Å². The van der Waals surface area contributed by atoms with Crippen molar-refractivity contribution in [3.63, 3.8) is 0 Å². The maximum Gasteiger partial charge on any atom is 0.208 e. The van der Waals surface area contributed by atoms with E-state index in [0.717, 1.165) is 13.0 Å². The van der Waals surface area contributed by atoms with Crippen LogP contribution >= 0.6 is 22.6 Å². The lowest BCUT2D eigenvalue weighted by Crippen LogP contribution is -2.60. The smallest absolute Gasteiger partial charge is 0.208 e. The van der Waals surface area contributed by atoms with Crippen LogP contribution in [0, 0.1) is 0 Å². The zero-order chi connectivity index (χ0) is 15.5. The fourth-order valence-electron chi connectivity index (χ4n) is 4.37. The Hall–Kier alpha value is 0.647. The highest BCUT2D eigenvalue weighted by Crippen LogP contribution is 2.62. The first-order valence-corrected chi connectivity index (χ1v) is 10.4. The number of halogens is 1. The summed E-state index contributed by atoms with van der Waals surface area (Å²) in [5.74, 6) is 0. The van der Waals surface area contributed by atoms with Crippen LogP contribution in [0.2, 0.25) is 15.1 Å². The summed E-state index contributed by atoms with van der Waals surface area (Å²) >= 11 is 2.27. The summed E-state index contributed by atoms with van der Waals surface area (Å²) in [5, 5.41) is 0.659. The van der Waals surface area contributed by atoms with E-state index in [2.05, 4.69) is 95.1 Å². The van der Waals surface area contributed by atoms with Crippen molar-refractivity contribution in [3.8, 4) is 0 Å².